The van der Waals surface area contributed by atoms with E-state index in [1.165, 1.54) is 12.7 Å². The van der Waals surface area contributed by atoms with Gasteiger partial charge in [0.05, 0.1) is 18.6 Å². The molecule has 2 aromatic rings. The molecule has 1 aliphatic heterocycles. The average molecular weight is 311 g/mol. The molecule has 2 heterocycles. The van der Waals surface area contributed by atoms with Crippen molar-refractivity contribution < 1.29 is 4.79 Å². The van der Waals surface area contributed by atoms with Gasteiger partial charge < -0.3 is 10.2 Å². The number of nitrogens with zero attached hydrogens (tertiary/aromatic N) is 4. The molecule has 23 heavy (non-hydrogen) atoms. The molecule has 1 aromatic carbocycles. The second-order valence-corrected chi connectivity index (χ2v) is 5.72. The molecule has 0 saturated carbocycles. The molecule has 6 heteroatoms. The third-order valence-electron chi connectivity index (χ3n) is 4.32. The molecular formula is C17H21N5O. The Morgan fingerprint density at radius 2 is 1.91 bits per heavy atom. The van der Waals surface area contributed by atoms with Crippen molar-refractivity contribution in [3.05, 3.63) is 54.4 Å². The molecule has 1 fully saturated rings. The van der Waals surface area contributed by atoms with Crippen LogP contribution in [0.2, 0.25) is 0 Å². The molecule has 3 rings (SSSR count). The number of likely N-dealkylation sites (N-methyl/N-ethyl adjacent to an activating group) is 1. The summed E-state index contributed by atoms with van der Waals surface area (Å²) in [5.74, 6) is 0.727. The Kier molecular flexibility index (Phi) is 4.92. The maximum atomic E-state index is 13.0. The van der Waals surface area contributed by atoms with E-state index in [-0.39, 0.29) is 18.0 Å². The van der Waals surface area contributed by atoms with Crippen molar-refractivity contribution in [2.75, 3.05) is 7.05 Å². The van der Waals surface area contributed by atoms with Crippen LogP contribution in [-0.2, 0) is 11.3 Å². The van der Waals surface area contributed by atoms with Crippen molar-refractivity contribution in [3.8, 4) is 0 Å². The number of hydrogen-bond acceptors (Lipinski definition) is 5. The SMILES string of the molecule is CNC1CCCC(c2ccccc2)N(Cc2ncncn2)C1=O. The highest BCUT2D eigenvalue weighted by molar-refractivity contribution is 5.82. The predicted octanol–water partition coefficient (Wildman–Crippen LogP) is 1.71. The number of hydrogen-bond donors (Lipinski definition) is 1. The molecule has 0 radical (unpaired) electrons. The monoisotopic (exact) mass is 311 g/mol. The second-order valence-electron chi connectivity index (χ2n) is 5.72. The van der Waals surface area contributed by atoms with Crippen LogP contribution in [0.25, 0.3) is 0 Å². The summed E-state index contributed by atoms with van der Waals surface area (Å²) in [4.78, 5) is 27.1. The summed E-state index contributed by atoms with van der Waals surface area (Å²) in [6, 6.07) is 10.1. The third kappa shape index (κ3) is 3.53. The van der Waals surface area contributed by atoms with E-state index in [1.54, 1.807) is 0 Å². The number of nitrogens with one attached hydrogen (secondary N) is 1. The first-order valence-electron chi connectivity index (χ1n) is 7.93. The van der Waals surface area contributed by atoms with E-state index < -0.39 is 0 Å². The van der Waals surface area contributed by atoms with Gasteiger partial charge in [-0.05, 0) is 31.9 Å². The fourth-order valence-electron chi connectivity index (χ4n) is 3.12. The van der Waals surface area contributed by atoms with E-state index in [9.17, 15) is 4.79 Å². The molecule has 0 bridgehead atoms. The van der Waals surface area contributed by atoms with E-state index in [0.717, 1.165) is 24.8 Å². The van der Waals surface area contributed by atoms with Crippen LogP contribution in [0.1, 0.15) is 36.7 Å². The van der Waals surface area contributed by atoms with Crippen LogP contribution in [0.4, 0.5) is 0 Å². The van der Waals surface area contributed by atoms with Crippen molar-refractivity contribution in [2.24, 2.45) is 0 Å². The molecule has 1 N–H and O–H groups in total. The largest absolute Gasteiger partial charge is 0.327 e. The van der Waals surface area contributed by atoms with E-state index in [1.807, 2.05) is 30.1 Å². The number of likely N-dealkylation sites (tertiary alicyclic amines) is 1. The van der Waals surface area contributed by atoms with Gasteiger partial charge in [0.2, 0.25) is 5.91 Å². The first-order valence-corrected chi connectivity index (χ1v) is 7.93. The summed E-state index contributed by atoms with van der Waals surface area (Å²) >= 11 is 0. The van der Waals surface area contributed by atoms with Crippen molar-refractivity contribution in [2.45, 2.75) is 37.9 Å². The maximum absolute atomic E-state index is 13.0. The summed E-state index contributed by atoms with van der Waals surface area (Å²) in [7, 11) is 1.84. The standard InChI is InChI=1S/C17H21N5O/c1-18-14-8-5-9-15(13-6-3-2-4-7-13)22(17(14)23)10-16-20-11-19-12-21-16/h2-4,6-7,11-12,14-15,18H,5,8-10H2,1H3. The van der Waals surface area contributed by atoms with Gasteiger partial charge in [-0.2, -0.15) is 0 Å². The van der Waals surface area contributed by atoms with Gasteiger partial charge in [0.15, 0.2) is 5.82 Å². The highest BCUT2D eigenvalue weighted by Gasteiger charge is 2.33. The fraction of sp³-hybridized carbons (Fsp3) is 0.412. The number of rotatable bonds is 4. The van der Waals surface area contributed by atoms with Gasteiger partial charge in [0.1, 0.15) is 12.7 Å². The molecule has 0 aliphatic carbocycles. The average Bonchev–Trinajstić information content (AvgIpc) is 2.76. The topological polar surface area (TPSA) is 71.0 Å². The van der Waals surface area contributed by atoms with Crippen LogP contribution in [-0.4, -0.2) is 38.8 Å². The molecule has 1 saturated heterocycles. The van der Waals surface area contributed by atoms with Crippen LogP contribution in [0.15, 0.2) is 43.0 Å². The van der Waals surface area contributed by atoms with Gasteiger partial charge >= 0.3 is 0 Å². The summed E-state index contributed by atoms with van der Waals surface area (Å²) in [6.45, 7) is 0.402. The Morgan fingerprint density at radius 1 is 1.17 bits per heavy atom. The molecule has 1 aromatic heterocycles. The molecule has 0 spiro atoms. The van der Waals surface area contributed by atoms with Gasteiger partial charge in [-0.15, -0.1) is 0 Å². The molecule has 2 unspecified atom stereocenters. The Morgan fingerprint density at radius 3 is 2.61 bits per heavy atom. The minimum absolute atomic E-state index is 0.0545. The summed E-state index contributed by atoms with van der Waals surface area (Å²) < 4.78 is 0. The van der Waals surface area contributed by atoms with Crippen LogP contribution < -0.4 is 5.32 Å². The fourth-order valence-corrected chi connectivity index (χ4v) is 3.12. The highest BCUT2D eigenvalue weighted by Crippen LogP contribution is 2.31. The number of benzene rings is 1. The van der Waals surface area contributed by atoms with Crippen LogP contribution in [0, 0.1) is 0 Å². The highest BCUT2D eigenvalue weighted by atomic mass is 16.2. The number of carbonyl (C=O) groups is 1. The molecule has 1 amide bonds. The van der Waals surface area contributed by atoms with E-state index in [2.05, 4.69) is 32.4 Å². The zero-order valence-electron chi connectivity index (χ0n) is 13.2. The summed E-state index contributed by atoms with van der Waals surface area (Å²) in [6.07, 6.45) is 5.74. The number of amides is 1. The molecule has 2 atom stereocenters. The zero-order chi connectivity index (χ0) is 16.1. The zero-order valence-corrected chi connectivity index (χ0v) is 13.2. The lowest BCUT2D eigenvalue weighted by atomic mass is 10.0. The normalized spacial score (nSPS) is 22.0. The van der Waals surface area contributed by atoms with E-state index in [0.29, 0.717) is 12.4 Å². The lowest BCUT2D eigenvalue weighted by Crippen LogP contribution is -2.44. The van der Waals surface area contributed by atoms with Crippen molar-refractivity contribution in [1.29, 1.82) is 0 Å². The van der Waals surface area contributed by atoms with E-state index >= 15 is 0 Å². The van der Waals surface area contributed by atoms with Crippen molar-refractivity contribution in [1.82, 2.24) is 25.2 Å². The third-order valence-corrected chi connectivity index (χ3v) is 4.32. The molecule has 6 nitrogen and oxygen atoms in total. The number of aromatic nitrogens is 3. The van der Waals surface area contributed by atoms with Gasteiger partial charge in [0.25, 0.3) is 0 Å². The van der Waals surface area contributed by atoms with Crippen molar-refractivity contribution >= 4 is 5.91 Å². The van der Waals surface area contributed by atoms with Gasteiger partial charge in [-0.25, -0.2) is 15.0 Å². The quantitative estimate of drug-likeness (QED) is 0.931. The maximum Gasteiger partial charge on any atom is 0.240 e. The molecular weight excluding hydrogens is 290 g/mol. The Hall–Kier alpha value is -2.34. The first-order chi connectivity index (χ1) is 11.3. The van der Waals surface area contributed by atoms with Gasteiger partial charge in [0, 0.05) is 0 Å². The molecule has 1 aliphatic rings. The van der Waals surface area contributed by atoms with Crippen LogP contribution in [0.3, 0.4) is 0 Å². The van der Waals surface area contributed by atoms with E-state index in [4.69, 9.17) is 0 Å². The van der Waals surface area contributed by atoms with Crippen LogP contribution in [0.5, 0.6) is 0 Å². The van der Waals surface area contributed by atoms with Crippen LogP contribution >= 0.6 is 0 Å². The Balaban J connectivity index is 1.93. The lowest BCUT2D eigenvalue weighted by Gasteiger charge is -2.31. The lowest BCUT2D eigenvalue weighted by molar-refractivity contribution is -0.136. The number of carbonyl (C=O) groups excluding carboxylic acids is 1. The smallest absolute Gasteiger partial charge is 0.240 e. The Labute approximate surface area is 136 Å². The minimum Gasteiger partial charge on any atom is -0.327 e. The van der Waals surface area contributed by atoms with Gasteiger partial charge in [-0.1, -0.05) is 30.3 Å². The van der Waals surface area contributed by atoms with Crippen molar-refractivity contribution in [3.63, 3.8) is 0 Å². The van der Waals surface area contributed by atoms with Gasteiger partial charge in [-0.3, -0.25) is 4.79 Å². The first kappa shape index (κ1) is 15.6. The summed E-state index contributed by atoms with van der Waals surface area (Å²) in [5.41, 5.74) is 1.16. The molecule has 120 valence electrons. The Bertz CT molecular complexity index is 634. The predicted molar refractivity (Wildman–Crippen MR) is 86.3 cm³/mol. The second kappa shape index (κ2) is 7.28. The summed E-state index contributed by atoms with van der Waals surface area (Å²) in [5, 5.41) is 3.14. The minimum atomic E-state index is -0.148.